The summed E-state index contributed by atoms with van der Waals surface area (Å²) in [4.78, 5) is 13.8. The van der Waals surface area contributed by atoms with Crippen molar-refractivity contribution in [3.8, 4) is 0 Å². The van der Waals surface area contributed by atoms with Crippen molar-refractivity contribution in [3.63, 3.8) is 0 Å². The number of β-amino-alcohol motifs (C(OH)–C–C–N with tert-alkyl or cyclic N) is 1. The van der Waals surface area contributed by atoms with E-state index in [0.29, 0.717) is 18.7 Å². The van der Waals surface area contributed by atoms with E-state index in [2.05, 4.69) is 0 Å². The molecule has 98 valence electrons. The number of aliphatic hydroxyl groups is 1. The molecule has 1 N–H and O–H groups in total. The lowest BCUT2D eigenvalue weighted by Crippen LogP contribution is -2.50. The van der Waals surface area contributed by atoms with Gasteiger partial charge in [0.25, 0.3) is 5.91 Å². The van der Waals surface area contributed by atoms with Crippen LogP contribution in [0.25, 0.3) is 0 Å². The number of hydrogen-bond donors (Lipinski definition) is 1. The van der Waals surface area contributed by atoms with Gasteiger partial charge in [-0.2, -0.15) is 0 Å². The molecule has 1 unspecified atom stereocenters. The van der Waals surface area contributed by atoms with Crippen molar-refractivity contribution in [2.75, 3.05) is 13.1 Å². The summed E-state index contributed by atoms with van der Waals surface area (Å²) < 4.78 is 12.8. The van der Waals surface area contributed by atoms with E-state index in [1.807, 2.05) is 13.8 Å². The van der Waals surface area contributed by atoms with Gasteiger partial charge >= 0.3 is 0 Å². The van der Waals surface area contributed by atoms with Crippen molar-refractivity contribution in [2.24, 2.45) is 5.41 Å². The lowest BCUT2D eigenvalue weighted by atomic mass is 9.80. The minimum atomic E-state index is -0.518. The van der Waals surface area contributed by atoms with Gasteiger partial charge in [0, 0.05) is 18.7 Å². The summed E-state index contributed by atoms with van der Waals surface area (Å²) in [6.45, 7) is 4.96. The Morgan fingerprint density at radius 1 is 1.39 bits per heavy atom. The molecule has 1 amide bonds. The minimum Gasteiger partial charge on any atom is -0.391 e. The van der Waals surface area contributed by atoms with E-state index in [4.69, 9.17) is 0 Å². The zero-order valence-electron chi connectivity index (χ0n) is 10.7. The van der Waals surface area contributed by atoms with Gasteiger partial charge < -0.3 is 10.0 Å². The number of nitrogens with zero attached hydrogens (tertiary/aromatic N) is 1. The van der Waals surface area contributed by atoms with Crippen molar-refractivity contribution in [1.29, 1.82) is 0 Å². The van der Waals surface area contributed by atoms with Crippen molar-refractivity contribution in [3.05, 3.63) is 35.6 Å². The molecule has 3 nitrogen and oxygen atoms in total. The summed E-state index contributed by atoms with van der Waals surface area (Å²) in [6, 6.07) is 5.50. The van der Waals surface area contributed by atoms with E-state index in [-0.39, 0.29) is 17.1 Å². The Balaban J connectivity index is 2.09. The number of likely N-dealkylation sites (tertiary alicyclic amines) is 1. The van der Waals surface area contributed by atoms with Crippen LogP contribution in [0.1, 0.15) is 30.6 Å². The zero-order valence-corrected chi connectivity index (χ0v) is 10.7. The molecule has 2 rings (SSSR count). The lowest BCUT2D eigenvalue weighted by Gasteiger charge is -2.41. The quantitative estimate of drug-likeness (QED) is 0.830. The summed E-state index contributed by atoms with van der Waals surface area (Å²) in [5, 5.41) is 9.99. The largest absolute Gasteiger partial charge is 0.391 e. The number of amides is 1. The van der Waals surface area contributed by atoms with E-state index < -0.39 is 6.10 Å². The topological polar surface area (TPSA) is 40.5 Å². The highest BCUT2D eigenvalue weighted by Crippen LogP contribution is 2.30. The Morgan fingerprint density at radius 3 is 2.56 bits per heavy atom. The second-order valence-electron chi connectivity index (χ2n) is 5.51. The normalized spacial score (nSPS) is 22.9. The number of aliphatic hydroxyl groups excluding tert-OH is 1. The van der Waals surface area contributed by atoms with E-state index in [0.717, 1.165) is 6.42 Å². The van der Waals surface area contributed by atoms with Crippen molar-refractivity contribution in [1.82, 2.24) is 4.90 Å². The van der Waals surface area contributed by atoms with Crippen LogP contribution in [0.2, 0.25) is 0 Å². The first-order chi connectivity index (χ1) is 8.40. The van der Waals surface area contributed by atoms with Crippen LogP contribution in [0.3, 0.4) is 0 Å². The molecule has 1 heterocycles. The number of carbonyl (C=O) groups excluding carboxylic acids is 1. The van der Waals surface area contributed by atoms with Crippen LogP contribution in [0.4, 0.5) is 4.39 Å². The number of piperidine rings is 1. The SMILES string of the molecule is CC1(C)CCN(C(=O)c2ccc(F)cc2)CC1O. The fraction of sp³-hybridized carbons (Fsp3) is 0.500. The van der Waals surface area contributed by atoms with Gasteiger partial charge in [0.2, 0.25) is 0 Å². The highest BCUT2D eigenvalue weighted by atomic mass is 19.1. The van der Waals surface area contributed by atoms with Crippen LogP contribution in [0.5, 0.6) is 0 Å². The van der Waals surface area contributed by atoms with Crippen LogP contribution < -0.4 is 0 Å². The van der Waals surface area contributed by atoms with E-state index in [9.17, 15) is 14.3 Å². The first-order valence-corrected chi connectivity index (χ1v) is 6.13. The van der Waals surface area contributed by atoms with Gasteiger partial charge in [-0.1, -0.05) is 13.8 Å². The van der Waals surface area contributed by atoms with E-state index in [1.54, 1.807) is 4.90 Å². The smallest absolute Gasteiger partial charge is 0.253 e. The van der Waals surface area contributed by atoms with Crippen molar-refractivity contribution in [2.45, 2.75) is 26.4 Å². The molecule has 4 heteroatoms. The summed E-state index contributed by atoms with van der Waals surface area (Å²) in [5.41, 5.74) is 0.308. The third-order valence-corrected chi connectivity index (χ3v) is 3.70. The highest BCUT2D eigenvalue weighted by Gasteiger charge is 2.35. The van der Waals surface area contributed by atoms with Gasteiger partial charge in [0.15, 0.2) is 0 Å². The molecule has 0 spiro atoms. The maximum atomic E-state index is 12.8. The molecule has 0 aliphatic carbocycles. The van der Waals surface area contributed by atoms with Crippen LogP contribution in [0, 0.1) is 11.2 Å². The van der Waals surface area contributed by atoms with Crippen LogP contribution >= 0.6 is 0 Å². The molecule has 0 radical (unpaired) electrons. The first kappa shape index (κ1) is 13.0. The van der Waals surface area contributed by atoms with Crippen LogP contribution in [-0.2, 0) is 0 Å². The molecule has 1 aliphatic rings. The molecule has 0 bridgehead atoms. The van der Waals surface area contributed by atoms with Gasteiger partial charge in [-0.3, -0.25) is 4.79 Å². The second kappa shape index (κ2) is 4.69. The van der Waals surface area contributed by atoms with Gasteiger partial charge in [-0.15, -0.1) is 0 Å². The Kier molecular flexibility index (Phi) is 3.39. The standard InChI is InChI=1S/C14H18FNO2/c1-14(2)7-8-16(9-12(14)17)13(18)10-3-5-11(15)6-4-10/h3-6,12,17H,7-9H2,1-2H3. The predicted molar refractivity (Wildman–Crippen MR) is 66.7 cm³/mol. The summed E-state index contributed by atoms with van der Waals surface area (Å²) in [5.74, 6) is -0.504. The highest BCUT2D eigenvalue weighted by molar-refractivity contribution is 5.94. The third kappa shape index (κ3) is 2.53. The van der Waals surface area contributed by atoms with Crippen LogP contribution in [0.15, 0.2) is 24.3 Å². The Hall–Kier alpha value is -1.42. The average Bonchev–Trinajstić information content (AvgIpc) is 2.33. The fourth-order valence-corrected chi connectivity index (χ4v) is 2.10. The number of hydrogen-bond acceptors (Lipinski definition) is 2. The third-order valence-electron chi connectivity index (χ3n) is 3.70. The number of carbonyl (C=O) groups is 1. The van der Waals surface area contributed by atoms with Gasteiger partial charge in [-0.25, -0.2) is 4.39 Å². The monoisotopic (exact) mass is 251 g/mol. The van der Waals surface area contributed by atoms with Crippen LogP contribution in [-0.4, -0.2) is 35.1 Å². The first-order valence-electron chi connectivity index (χ1n) is 6.13. The Labute approximate surface area is 106 Å². The molecule has 1 atom stereocenters. The van der Waals surface area contributed by atoms with Gasteiger partial charge in [0.05, 0.1) is 6.10 Å². The summed E-state index contributed by atoms with van der Waals surface area (Å²) in [7, 11) is 0. The zero-order chi connectivity index (χ0) is 13.3. The van der Waals surface area contributed by atoms with Crippen molar-refractivity contribution < 1.29 is 14.3 Å². The maximum absolute atomic E-state index is 12.8. The fourth-order valence-electron chi connectivity index (χ4n) is 2.10. The Morgan fingerprint density at radius 2 is 2.00 bits per heavy atom. The molecular formula is C14H18FNO2. The molecular weight excluding hydrogens is 233 g/mol. The molecule has 18 heavy (non-hydrogen) atoms. The minimum absolute atomic E-state index is 0.149. The molecule has 1 fully saturated rings. The van der Waals surface area contributed by atoms with E-state index in [1.165, 1.54) is 24.3 Å². The molecule has 1 aromatic carbocycles. The lowest BCUT2D eigenvalue weighted by molar-refractivity contribution is -0.0190. The molecule has 0 saturated carbocycles. The molecule has 1 aromatic rings. The van der Waals surface area contributed by atoms with Crippen molar-refractivity contribution >= 4 is 5.91 Å². The number of rotatable bonds is 1. The predicted octanol–water partition coefficient (Wildman–Crippen LogP) is 2.06. The molecule has 0 aromatic heterocycles. The van der Waals surface area contributed by atoms with Gasteiger partial charge in [0.1, 0.15) is 5.82 Å². The summed E-state index contributed by atoms with van der Waals surface area (Å²) >= 11 is 0. The number of benzene rings is 1. The second-order valence-corrected chi connectivity index (χ2v) is 5.51. The van der Waals surface area contributed by atoms with Gasteiger partial charge in [-0.05, 0) is 36.1 Å². The summed E-state index contributed by atoms with van der Waals surface area (Å²) in [6.07, 6.45) is 0.247. The van der Waals surface area contributed by atoms with E-state index >= 15 is 0 Å². The number of halogens is 1. The molecule has 1 saturated heterocycles. The maximum Gasteiger partial charge on any atom is 0.253 e. The Bertz CT molecular complexity index is 442. The molecule has 1 aliphatic heterocycles. The average molecular weight is 251 g/mol.